The highest BCUT2D eigenvalue weighted by Gasteiger charge is 2.37. The zero-order valence-corrected chi connectivity index (χ0v) is 12.6. The molecule has 0 spiro atoms. The average Bonchev–Trinajstić information content (AvgIpc) is 2.85. The zero-order valence-electron chi connectivity index (χ0n) is 12.6. The maximum absolute atomic E-state index is 9.71. The summed E-state index contributed by atoms with van der Waals surface area (Å²) in [6.07, 6.45) is 6.35. The Hall–Kier alpha value is -1.39. The maximum atomic E-state index is 9.71. The van der Waals surface area contributed by atoms with Crippen molar-refractivity contribution >= 4 is 11.0 Å². The van der Waals surface area contributed by atoms with Gasteiger partial charge in [0.2, 0.25) is 0 Å². The van der Waals surface area contributed by atoms with Crippen LogP contribution in [0, 0.1) is 0 Å². The molecule has 1 aromatic heterocycles. The number of hydrogen-bond acceptors (Lipinski definition) is 3. The first-order valence-electron chi connectivity index (χ1n) is 8.06. The molecule has 0 saturated carbocycles. The van der Waals surface area contributed by atoms with Crippen molar-refractivity contribution in [2.24, 2.45) is 0 Å². The van der Waals surface area contributed by atoms with Crippen LogP contribution in [0.2, 0.25) is 0 Å². The van der Waals surface area contributed by atoms with Crippen LogP contribution in [0.4, 0.5) is 0 Å². The molecule has 1 N–H and O–H groups in total. The Bertz CT molecular complexity index is 637. The van der Waals surface area contributed by atoms with Crippen molar-refractivity contribution in [3.63, 3.8) is 0 Å². The van der Waals surface area contributed by atoms with E-state index in [4.69, 9.17) is 0 Å². The van der Waals surface area contributed by atoms with E-state index >= 15 is 0 Å². The van der Waals surface area contributed by atoms with Crippen molar-refractivity contribution in [3.8, 4) is 0 Å². The fourth-order valence-electron chi connectivity index (χ4n) is 4.41. The number of imidazole rings is 1. The predicted octanol–water partition coefficient (Wildman–Crippen LogP) is 2.72. The molecule has 4 nitrogen and oxygen atoms in total. The van der Waals surface area contributed by atoms with E-state index in [1.54, 1.807) is 0 Å². The average molecular weight is 285 g/mol. The lowest BCUT2D eigenvalue weighted by Crippen LogP contribution is -2.50. The zero-order chi connectivity index (χ0) is 14.4. The molecule has 1 aromatic carbocycles. The summed E-state index contributed by atoms with van der Waals surface area (Å²) < 4.78 is 2.31. The van der Waals surface area contributed by atoms with Crippen molar-refractivity contribution in [2.75, 3.05) is 7.05 Å². The Balaban J connectivity index is 1.76. The monoisotopic (exact) mass is 285 g/mol. The molecule has 3 atom stereocenters. The van der Waals surface area contributed by atoms with Crippen LogP contribution in [0.15, 0.2) is 24.3 Å². The number of rotatable bonds is 2. The van der Waals surface area contributed by atoms with Gasteiger partial charge in [0.05, 0.1) is 11.0 Å². The lowest BCUT2D eigenvalue weighted by Gasteiger charge is -2.47. The molecule has 21 heavy (non-hydrogen) atoms. The third-order valence-electron chi connectivity index (χ3n) is 5.49. The Kier molecular flexibility index (Phi) is 3.23. The van der Waals surface area contributed by atoms with Crippen LogP contribution in [-0.2, 0) is 6.61 Å². The van der Waals surface area contributed by atoms with Crippen LogP contribution in [0.1, 0.15) is 44.0 Å². The van der Waals surface area contributed by atoms with Crippen LogP contribution < -0.4 is 0 Å². The van der Waals surface area contributed by atoms with Crippen molar-refractivity contribution < 1.29 is 5.11 Å². The SMILES string of the molecule is CN1[C@@H]2CCC[C@H]1CC(n1c(CO)nc3ccccc31)C2. The van der Waals surface area contributed by atoms with Gasteiger partial charge >= 0.3 is 0 Å². The van der Waals surface area contributed by atoms with E-state index in [9.17, 15) is 5.11 Å². The molecule has 3 heterocycles. The molecular formula is C17H23N3O. The Morgan fingerprint density at radius 3 is 2.57 bits per heavy atom. The number of aliphatic hydroxyl groups is 1. The van der Waals surface area contributed by atoms with Gasteiger partial charge in [0.1, 0.15) is 12.4 Å². The summed E-state index contributed by atoms with van der Waals surface area (Å²) in [6, 6.07) is 10.1. The van der Waals surface area contributed by atoms with Crippen molar-refractivity contribution in [3.05, 3.63) is 30.1 Å². The van der Waals surface area contributed by atoms with Crippen LogP contribution in [0.5, 0.6) is 0 Å². The summed E-state index contributed by atoms with van der Waals surface area (Å²) in [7, 11) is 2.28. The van der Waals surface area contributed by atoms with Gasteiger partial charge in [-0.3, -0.25) is 0 Å². The van der Waals surface area contributed by atoms with Crippen LogP contribution in [-0.4, -0.2) is 38.7 Å². The first-order valence-corrected chi connectivity index (χ1v) is 8.06. The Morgan fingerprint density at radius 1 is 1.14 bits per heavy atom. The molecule has 4 rings (SSSR count). The number of aromatic nitrogens is 2. The molecular weight excluding hydrogens is 262 g/mol. The number of nitrogens with zero attached hydrogens (tertiary/aromatic N) is 3. The van der Waals surface area contributed by atoms with Gasteiger partial charge in [-0.15, -0.1) is 0 Å². The van der Waals surface area contributed by atoms with E-state index in [1.807, 2.05) is 12.1 Å². The quantitative estimate of drug-likeness (QED) is 0.922. The van der Waals surface area contributed by atoms with Gasteiger partial charge in [-0.1, -0.05) is 18.6 Å². The fourth-order valence-corrected chi connectivity index (χ4v) is 4.41. The highest BCUT2D eigenvalue weighted by Crippen LogP contribution is 2.39. The minimum absolute atomic E-state index is 0.0242. The van der Waals surface area contributed by atoms with Gasteiger partial charge in [-0.25, -0.2) is 4.98 Å². The van der Waals surface area contributed by atoms with Gasteiger partial charge in [0.15, 0.2) is 0 Å². The van der Waals surface area contributed by atoms with Crippen molar-refractivity contribution in [2.45, 2.75) is 56.8 Å². The summed E-state index contributed by atoms with van der Waals surface area (Å²) in [4.78, 5) is 7.20. The van der Waals surface area contributed by atoms with Crippen molar-refractivity contribution in [1.29, 1.82) is 0 Å². The van der Waals surface area contributed by atoms with E-state index in [2.05, 4.69) is 33.6 Å². The first kappa shape index (κ1) is 13.3. The lowest BCUT2D eigenvalue weighted by atomic mass is 9.82. The third kappa shape index (κ3) is 2.09. The molecule has 1 unspecified atom stereocenters. The molecule has 2 aliphatic heterocycles. The third-order valence-corrected chi connectivity index (χ3v) is 5.49. The van der Waals surface area contributed by atoms with E-state index in [0.29, 0.717) is 18.1 Å². The fraction of sp³-hybridized carbons (Fsp3) is 0.588. The normalized spacial score (nSPS) is 29.9. The van der Waals surface area contributed by atoms with Crippen molar-refractivity contribution in [1.82, 2.24) is 14.5 Å². The molecule has 4 heteroatoms. The number of aliphatic hydroxyl groups excluding tert-OH is 1. The molecule has 2 aromatic rings. The summed E-state index contributed by atoms with van der Waals surface area (Å²) in [5, 5.41) is 9.71. The van der Waals surface area contributed by atoms with Gasteiger partial charge in [0.25, 0.3) is 0 Å². The molecule has 2 aliphatic rings. The molecule has 2 fully saturated rings. The smallest absolute Gasteiger partial charge is 0.135 e. The van der Waals surface area contributed by atoms with Gasteiger partial charge < -0.3 is 14.6 Å². The number of piperidine rings is 2. The van der Waals surface area contributed by atoms with E-state index < -0.39 is 0 Å². The second-order valence-corrected chi connectivity index (χ2v) is 6.57. The number of para-hydroxylation sites is 2. The Labute approximate surface area is 125 Å². The maximum Gasteiger partial charge on any atom is 0.135 e. The molecule has 2 bridgehead atoms. The number of hydrogen-bond donors (Lipinski definition) is 1. The summed E-state index contributed by atoms with van der Waals surface area (Å²) in [5.41, 5.74) is 2.18. The number of fused-ring (bicyclic) bond motifs is 3. The predicted molar refractivity (Wildman–Crippen MR) is 83.1 cm³/mol. The largest absolute Gasteiger partial charge is 0.388 e. The van der Waals surface area contributed by atoms with E-state index in [1.165, 1.54) is 37.6 Å². The lowest BCUT2D eigenvalue weighted by molar-refractivity contribution is 0.0394. The summed E-state index contributed by atoms with van der Waals surface area (Å²) >= 11 is 0. The molecule has 0 radical (unpaired) electrons. The van der Waals surface area contributed by atoms with E-state index in [-0.39, 0.29) is 6.61 Å². The molecule has 0 amide bonds. The second kappa shape index (κ2) is 5.11. The summed E-state index contributed by atoms with van der Waals surface area (Å²) in [5.74, 6) is 0.823. The minimum Gasteiger partial charge on any atom is -0.388 e. The summed E-state index contributed by atoms with van der Waals surface area (Å²) in [6.45, 7) is 0.0242. The van der Waals surface area contributed by atoms with Gasteiger partial charge in [-0.2, -0.15) is 0 Å². The highest BCUT2D eigenvalue weighted by atomic mass is 16.3. The topological polar surface area (TPSA) is 41.3 Å². The molecule has 2 saturated heterocycles. The molecule has 112 valence electrons. The van der Waals surface area contributed by atoms with Crippen LogP contribution >= 0.6 is 0 Å². The Morgan fingerprint density at radius 2 is 1.86 bits per heavy atom. The van der Waals surface area contributed by atoms with E-state index in [0.717, 1.165) is 11.3 Å². The highest BCUT2D eigenvalue weighted by molar-refractivity contribution is 5.76. The van der Waals surface area contributed by atoms with Crippen LogP contribution in [0.25, 0.3) is 11.0 Å². The van der Waals surface area contributed by atoms with Crippen LogP contribution in [0.3, 0.4) is 0 Å². The molecule has 0 aliphatic carbocycles. The minimum atomic E-state index is 0.0242. The second-order valence-electron chi connectivity index (χ2n) is 6.57. The van der Waals surface area contributed by atoms with Gasteiger partial charge in [0, 0.05) is 18.1 Å². The van der Waals surface area contributed by atoms with Gasteiger partial charge in [-0.05, 0) is 44.9 Å². The first-order chi connectivity index (χ1) is 10.3. The number of benzene rings is 1. The standard InChI is InChI=1S/C17H23N3O/c1-19-12-5-4-6-13(19)10-14(9-12)20-16-8-3-2-7-15(16)18-17(20)11-21/h2-3,7-8,12-14,21H,4-6,9-11H2,1H3/t12-,13+,14?.